The third-order valence-electron chi connectivity index (χ3n) is 3.99. The Morgan fingerprint density at radius 3 is 2.74 bits per heavy atom. The SMILES string of the molecule is Cn1ncc2ccc(-c3cccnc3-c3cccc(O)c3)cc21. The van der Waals surface area contributed by atoms with Crippen LogP contribution in [0, 0.1) is 0 Å². The molecule has 0 bridgehead atoms. The number of phenolic OH excluding ortho intramolecular Hbond substituents is 1. The highest BCUT2D eigenvalue weighted by Crippen LogP contribution is 2.32. The molecule has 0 spiro atoms. The molecule has 0 aliphatic rings. The van der Waals surface area contributed by atoms with Crippen molar-refractivity contribution >= 4 is 10.9 Å². The molecule has 0 amide bonds. The van der Waals surface area contributed by atoms with Crippen molar-refractivity contribution in [3.63, 3.8) is 0 Å². The van der Waals surface area contributed by atoms with Crippen LogP contribution in [-0.4, -0.2) is 19.9 Å². The second-order valence-electron chi connectivity index (χ2n) is 5.49. The topological polar surface area (TPSA) is 50.9 Å². The molecule has 112 valence electrons. The molecule has 0 fully saturated rings. The Hall–Kier alpha value is -3.14. The van der Waals surface area contributed by atoms with E-state index in [1.54, 1.807) is 18.3 Å². The Labute approximate surface area is 133 Å². The second-order valence-corrected chi connectivity index (χ2v) is 5.49. The highest BCUT2D eigenvalue weighted by molar-refractivity contribution is 5.88. The summed E-state index contributed by atoms with van der Waals surface area (Å²) in [4.78, 5) is 4.52. The molecule has 4 rings (SSSR count). The number of benzene rings is 2. The average molecular weight is 301 g/mol. The molecule has 4 nitrogen and oxygen atoms in total. The van der Waals surface area contributed by atoms with E-state index in [1.165, 1.54) is 0 Å². The number of phenols is 1. The maximum absolute atomic E-state index is 9.75. The first kappa shape index (κ1) is 13.5. The highest BCUT2D eigenvalue weighted by atomic mass is 16.3. The smallest absolute Gasteiger partial charge is 0.116 e. The standard InChI is InChI=1S/C19H15N3O/c1-22-18-11-13(7-8-15(18)12-21-22)17-6-3-9-20-19(17)14-4-2-5-16(23)10-14/h2-12,23H,1H3. The summed E-state index contributed by atoms with van der Waals surface area (Å²) in [5.74, 6) is 0.237. The molecule has 0 atom stereocenters. The van der Waals surface area contributed by atoms with Gasteiger partial charge in [-0.05, 0) is 29.8 Å². The molecule has 0 aliphatic carbocycles. The van der Waals surface area contributed by atoms with Crippen LogP contribution in [0.4, 0.5) is 0 Å². The van der Waals surface area contributed by atoms with Crippen molar-refractivity contribution in [2.24, 2.45) is 7.05 Å². The van der Waals surface area contributed by atoms with Gasteiger partial charge in [0.25, 0.3) is 0 Å². The lowest BCUT2D eigenvalue weighted by molar-refractivity contribution is 0.475. The van der Waals surface area contributed by atoms with Crippen LogP contribution < -0.4 is 0 Å². The fourth-order valence-electron chi connectivity index (χ4n) is 2.83. The lowest BCUT2D eigenvalue weighted by atomic mass is 9.98. The summed E-state index contributed by atoms with van der Waals surface area (Å²) in [5.41, 5.74) is 4.93. The lowest BCUT2D eigenvalue weighted by Crippen LogP contribution is -1.91. The van der Waals surface area contributed by atoms with Gasteiger partial charge in [0.05, 0.1) is 17.4 Å². The van der Waals surface area contributed by atoms with E-state index in [1.807, 2.05) is 42.2 Å². The van der Waals surface area contributed by atoms with Crippen molar-refractivity contribution in [3.05, 3.63) is 67.0 Å². The van der Waals surface area contributed by atoms with Crippen molar-refractivity contribution < 1.29 is 5.11 Å². The minimum atomic E-state index is 0.237. The zero-order chi connectivity index (χ0) is 15.8. The van der Waals surface area contributed by atoms with E-state index in [0.717, 1.165) is 33.3 Å². The summed E-state index contributed by atoms with van der Waals surface area (Å²) in [5, 5.41) is 15.1. The van der Waals surface area contributed by atoms with E-state index in [0.29, 0.717) is 0 Å². The van der Waals surface area contributed by atoms with Gasteiger partial charge in [-0.2, -0.15) is 5.10 Å². The van der Waals surface area contributed by atoms with Gasteiger partial charge in [-0.1, -0.05) is 30.3 Å². The molecule has 0 radical (unpaired) electrons. The first-order chi connectivity index (χ1) is 11.2. The van der Waals surface area contributed by atoms with Crippen LogP contribution in [0.5, 0.6) is 5.75 Å². The average Bonchev–Trinajstić information content (AvgIpc) is 2.95. The molecular formula is C19H15N3O. The number of rotatable bonds is 2. The number of pyridine rings is 1. The summed E-state index contributed by atoms with van der Waals surface area (Å²) in [6.07, 6.45) is 3.63. The molecule has 0 saturated carbocycles. The van der Waals surface area contributed by atoms with E-state index in [2.05, 4.69) is 28.3 Å². The zero-order valence-corrected chi connectivity index (χ0v) is 12.6. The predicted molar refractivity (Wildman–Crippen MR) is 91.0 cm³/mol. The molecule has 2 heterocycles. The normalized spacial score (nSPS) is 11.0. The molecule has 23 heavy (non-hydrogen) atoms. The largest absolute Gasteiger partial charge is 0.508 e. The zero-order valence-electron chi connectivity index (χ0n) is 12.6. The minimum absolute atomic E-state index is 0.237. The molecule has 1 N–H and O–H groups in total. The van der Waals surface area contributed by atoms with E-state index < -0.39 is 0 Å². The Balaban J connectivity index is 1.93. The van der Waals surface area contributed by atoms with Crippen molar-refractivity contribution in [1.82, 2.24) is 14.8 Å². The molecule has 2 aromatic heterocycles. The number of nitrogens with zero attached hydrogens (tertiary/aromatic N) is 3. The monoisotopic (exact) mass is 301 g/mol. The summed E-state index contributed by atoms with van der Waals surface area (Å²) >= 11 is 0. The fraction of sp³-hybridized carbons (Fsp3) is 0.0526. The Morgan fingerprint density at radius 1 is 0.957 bits per heavy atom. The second kappa shape index (κ2) is 5.25. The van der Waals surface area contributed by atoms with E-state index >= 15 is 0 Å². The first-order valence-corrected chi connectivity index (χ1v) is 7.39. The Morgan fingerprint density at radius 2 is 1.87 bits per heavy atom. The number of fused-ring (bicyclic) bond motifs is 1. The molecule has 0 unspecified atom stereocenters. The van der Waals surface area contributed by atoms with Crippen molar-refractivity contribution in [1.29, 1.82) is 0 Å². The van der Waals surface area contributed by atoms with Crippen molar-refractivity contribution in [2.45, 2.75) is 0 Å². The third kappa shape index (κ3) is 2.34. The minimum Gasteiger partial charge on any atom is -0.508 e. The van der Waals surface area contributed by atoms with Gasteiger partial charge in [-0.3, -0.25) is 9.67 Å². The highest BCUT2D eigenvalue weighted by Gasteiger charge is 2.10. The van der Waals surface area contributed by atoms with Crippen LogP contribution in [0.15, 0.2) is 67.0 Å². The van der Waals surface area contributed by atoms with Crippen LogP contribution in [0.25, 0.3) is 33.3 Å². The lowest BCUT2D eigenvalue weighted by Gasteiger charge is -2.10. The van der Waals surface area contributed by atoms with Gasteiger partial charge < -0.3 is 5.11 Å². The van der Waals surface area contributed by atoms with E-state index in [4.69, 9.17) is 0 Å². The van der Waals surface area contributed by atoms with E-state index in [9.17, 15) is 5.11 Å². The van der Waals surface area contributed by atoms with Crippen molar-refractivity contribution in [2.75, 3.05) is 0 Å². The number of hydrogen-bond donors (Lipinski definition) is 1. The number of aryl methyl sites for hydroxylation is 1. The molecule has 0 aliphatic heterocycles. The quantitative estimate of drug-likeness (QED) is 0.608. The van der Waals surface area contributed by atoms with Crippen LogP contribution in [0.3, 0.4) is 0 Å². The van der Waals surface area contributed by atoms with Gasteiger partial charge in [0, 0.05) is 29.8 Å². The molecular weight excluding hydrogens is 286 g/mol. The van der Waals surface area contributed by atoms with Crippen LogP contribution in [-0.2, 0) is 7.05 Å². The van der Waals surface area contributed by atoms with Crippen molar-refractivity contribution in [3.8, 4) is 28.1 Å². The first-order valence-electron chi connectivity index (χ1n) is 7.39. The third-order valence-corrected chi connectivity index (χ3v) is 3.99. The van der Waals surface area contributed by atoms with Crippen LogP contribution >= 0.6 is 0 Å². The van der Waals surface area contributed by atoms with E-state index in [-0.39, 0.29) is 5.75 Å². The number of aromatic nitrogens is 3. The maximum atomic E-state index is 9.75. The van der Waals surface area contributed by atoms with Gasteiger partial charge in [-0.15, -0.1) is 0 Å². The summed E-state index contributed by atoms with van der Waals surface area (Å²) < 4.78 is 1.86. The van der Waals surface area contributed by atoms with Gasteiger partial charge in [-0.25, -0.2) is 0 Å². The Bertz CT molecular complexity index is 1000. The maximum Gasteiger partial charge on any atom is 0.116 e. The van der Waals surface area contributed by atoms with Gasteiger partial charge >= 0.3 is 0 Å². The van der Waals surface area contributed by atoms with Gasteiger partial charge in [0.1, 0.15) is 5.75 Å². The van der Waals surface area contributed by atoms with Gasteiger partial charge in [0.2, 0.25) is 0 Å². The molecule has 0 saturated heterocycles. The van der Waals surface area contributed by atoms with Crippen LogP contribution in [0.2, 0.25) is 0 Å². The van der Waals surface area contributed by atoms with Crippen LogP contribution in [0.1, 0.15) is 0 Å². The summed E-state index contributed by atoms with van der Waals surface area (Å²) in [6.45, 7) is 0. The summed E-state index contributed by atoms with van der Waals surface area (Å²) in [7, 11) is 1.94. The fourth-order valence-corrected chi connectivity index (χ4v) is 2.83. The van der Waals surface area contributed by atoms with Gasteiger partial charge in [0.15, 0.2) is 0 Å². The number of aromatic hydroxyl groups is 1. The molecule has 2 aromatic carbocycles. The predicted octanol–water partition coefficient (Wildman–Crippen LogP) is 4.01. The Kier molecular flexibility index (Phi) is 3.08. The molecule has 4 aromatic rings. The molecule has 4 heteroatoms. The number of hydrogen-bond acceptors (Lipinski definition) is 3. The summed E-state index contributed by atoms with van der Waals surface area (Å²) in [6, 6.07) is 17.4.